The van der Waals surface area contributed by atoms with E-state index in [0.29, 0.717) is 28.2 Å². The summed E-state index contributed by atoms with van der Waals surface area (Å²) < 4.78 is 34.9. The number of carboxylic acid groups (broad SMARTS) is 1. The van der Waals surface area contributed by atoms with Crippen LogP contribution in [0.1, 0.15) is 31.8 Å². The first kappa shape index (κ1) is 35.1. The molecule has 5 N–H and O–H groups in total. The van der Waals surface area contributed by atoms with Gasteiger partial charge in [0.15, 0.2) is 5.75 Å². The van der Waals surface area contributed by atoms with Gasteiger partial charge in [0.25, 0.3) is 16.0 Å². The van der Waals surface area contributed by atoms with Crippen molar-refractivity contribution in [3.8, 4) is 22.6 Å². The molecule has 0 spiro atoms. The van der Waals surface area contributed by atoms with Gasteiger partial charge in [-0.2, -0.15) is 23.8 Å². The van der Waals surface area contributed by atoms with Gasteiger partial charge in [0, 0.05) is 16.6 Å². The molecule has 0 unspecified atom stereocenters. The highest BCUT2D eigenvalue weighted by Gasteiger charge is 2.22. The van der Waals surface area contributed by atoms with E-state index in [2.05, 4.69) is 25.8 Å². The molecule has 1 amide bonds. The van der Waals surface area contributed by atoms with Gasteiger partial charge in [0.1, 0.15) is 21.9 Å². The van der Waals surface area contributed by atoms with Crippen LogP contribution in [0.3, 0.4) is 0 Å². The summed E-state index contributed by atoms with van der Waals surface area (Å²) in [5.74, 6) is -2.56. The number of rotatable bonds is 9. The first-order valence-corrected chi connectivity index (χ1v) is 17.0. The maximum absolute atomic E-state index is 12.6. The van der Waals surface area contributed by atoms with E-state index in [9.17, 15) is 37.9 Å². The Morgan fingerprint density at radius 3 is 1.92 bits per heavy atom. The standard InChI is InChI=1S/C38H29N5O8S/c1-21-16-24(8-13-31(21)41-40-28-11-15-33(44)30(20-28)38(47)48)25-9-14-32(22(2)17-25)42-43-35-34(52(49,50)51)19-26-18-27(10-12-29(26)36(35)45)39-37(46)23-6-4-3-5-7-23/h3-20,44-45H,1-2H3,(H,39,46)(H,47,48)(H,49,50,51). The predicted molar refractivity (Wildman–Crippen MR) is 195 cm³/mol. The fourth-order valence-electron chi connectivity index (χ4n) is 5.38. The van der Waals surface area contributed by atoms with Crippen LogP contribution in [-0.4, -0.2) is 40.2 Å². The van der Waals surface area contributed by atoms with Crippen molar-refractivity contribution in [3.63, 3.8) is 0 Å². The molecule has 0 aliphatic rings. The summed E-state index contributed by atoms with van der Waals surface area (Å²) in [7, 11) is -4.87. The number of carboxylic acids is 1. The van der Waals surface area contributed by atoms with Crippen molar-refractivity contribution in [1.29, 1.82) is 0 Å². The molecule has 0 atom stereocenters. The molecule has 13 nitrogen and oxygen atoms in total. The smallest absolute Gasteiger partial charge is 0.339 e. The molecular weight excluding hydrogens is 687 g/mol. The molecule has 0 radical (unpaired) electrons. The minimum atomic E-state index is -4.87. The van der Waals surface area contributed by atoms with Crippen LogP contribution in [-0.2, 0) is 10.1 Å². The van der Waals surface area contributed by atoms with Gasteiger partial charge in [-0.25, -0.2) is 4.79 Å². The minimum absolute atomic E-state index is 0.220. The molecule has 6 rings (SSSR count). The number of nitrogens with one attached hydrogen (secondary N) is 1. The first-order chi connectivity index (χ1) is 24.8. The second-order valence-corrected chi connectivity index (χ2v) is 13.1. The number of carbonyl (C=O) groups excluding carboxylic acids is 1. The Bertz CT molecular complexity index is 2570. The van der Waals surface area contributed by atoms with E-state index in [1.54, 1.807) is 61.5 Å². The molecule has 0 aliphatic carbocycles. The lowest BCUT2D eigenvalue weighted by Gasteiger charge is -2.11. The summed E-state index contributed by atoms with van der Waals surface area (Å²) in [6.07, 6.45) is 0. The summed E-state index contributed by atoms with van der Waals surface area (Å²) in [5, 5.41) is 49.8. The average Bonchev–Trinajstić information content (AvgIpc) is 3.11. The molecule has 0 saturated heterocycles. The van der Waals surface area contributed by atoms with E-state index in [4.69, 9.17) is 0 Å². The highest BCUT2D eigenvalue weighted by Crippen LogP contribution is 2.42. The van der Waals surface area contributed by atoms with Crippen molar-refractivity contribution in [3.05, 3.63) is 131 Å². The van der Waals surface area contributed by atoms with Crippen LogP contribution >= 0.6 is 0 Å². The third-order valence-electron chi connectivity index (χ3n) is 8.09. The number of aromatic carboxylic acids is 1. The van der Waals surface area contributed by atoms with Crippen molar-refractivity contribution in [2.75, 3.05) is 5.32 Å². The SMILES string of the molecule is Cc1cc(-c2ccc(N=Nc3c(S(=O)(=O)O)cc4cc(NC(=O)c5ccccc5)ccc4c3O)c(C)c2)ccc1N=Nc1ccc(O)c(C(=O)O)c1. The number of fused-ring (bicyclic) bond motifs is 1. The van der Waals surface area contributed by atoms with Crippen molar-refractivity contribution in [2.45, 2.75) is 18.7 Å². The number of hydrogen-bond acceptors (Lipinski definition) is 10. The van der Waals surface area contributed by atoms with E-state index in [1.807, 2.05) is 25.1 Å². The van der Waals surface area contributed by atoms with Gasteiger partial charge in [-0.1, -0.05) is 30.3 Å². The molecule has 52 heavy (non-hydrogen) atoms. The van der Waals surface area contributed by atoms with Crippen molar-refractivity contribution in [2.24, 2.45) is 20.5 Å². The molecule has 0 aliphatic heterocycles. The zero-order valence-electron chi connectivity index (χ0n) is 27.5. The summed E-state index contributed by atoms with van der Waals surface area (Å²) >= 11 is 0. The average molecular weight is 716 g/mol. The minimum Gasteiger partial charge on any atom is -0.507 e. The van der Waals surface area contributed by atoms with Gasteiger partial charge in [-0.3, -0.25) is 9.35 Å². The monoisotopic (exact) mass is 715 g/mol. The Morgan fingerprint density at radius 2 is 1.33 bits per heavy atom. The van der Waals surface area contributed by atoms with Crippen molar-refractivity contribution in [1.82, 2.24) is 0 Å². The number of phenolic OH excluding ortho intramolecular Hbond substituents is 1. The maximum atomic E-state index is 12.6. The number of amides is 1. The van der Waals surface area contributed by atoms with E-state index < -0.39 is 32.4 Å². The maximum Gasteiger partial charge on any atom is 0.339 e. The fourth-order valence-corrected chi connectivity index (χ4v) is 6.04. The van der Waals surface area contributed by atoms with E-state index >= 15 is 0 Å². The van der Waals surface area contributed by atoms with E-state index in [-0.39, 0.29) is 33.7 Å². The van der Waals surface area contributed by atoms with Crippen LogP contribution in [0.5, 0.6) is 11.5 Å². The molecule has 260 valence electrons. The summed E-state index contributed by atoms with van der Waals surface area (Å²) in [5.41, 5.74) is 4.35. The second-order valence-electron chi connectivity index (χ2n) is 11.7. The number of carbonyl (C=O) groups is 2. The number of aryl methyl sites for hydroxylation is 2. The van der Waals surface area contributed by atoms with Gasteiger partial charge < -0.3 is 20.6 Å². The molecule has 0 aromatic heterocycles. The predicted octanol–water partition coefficient (Wildman–Crippen LogP) is 9.56. The van der Waals surface area contributed by atoms with Crippen LogP contribution in [0.15, 0.2) is 135 Å². The molecule has 0 fully saturated rings. The van der Waals surface area contributed by atoms with Gasteiger partial charge in [0.05, 0.1) is 17.1 Å². The lowest BCUT2D eigenvalue weighted by molar-refractivity contribution is 0.0693. The number of nitrogens with zero attached hydrogens (tertiary/aromatic N) is 4. The number of phenols is 2. The van der Waals surface area contributed by atoms with Crippen molar-refractivity contribution < 1.29 is 37.9 Å². The lowest BCUT2D eigenvalue weighted by atomic mass is 10.0. The molecule has 0 bridgehead atoms. The number of azo groups is 2. The Hall–Kier alpha value is -6.77. The number of benzene rings is 6. The highest BCUT2D eigenvalue weighted by molar-refractivity contribution is 7.86. The van der Waals surface area contributed by atoms with Gasteiger partial charge in [-0.15, -0.1) is 5.11 Å². The normalized spacial score (nSPS) is 11.8. The molecule has 6 aromatic carbocycles. The van der Waals surface area contributed by atoms with Crippen LogP contribution in [0.2, 0.25) is 0 Å². The zero-order valence-corrected chi connectivity index (χ0v) is 28.3. The quantitative estimate of drug-likeness (QED) is 0.0716. The molecular formula is C38H29N5O8S. The number of aromatic hydroxyl groups is 2. The Kier molecular flexibility index (Phi) is 9.59. The van der Waals surface area contributed by atoms with Gasteiger partial charge in [-0.05, 0) is 120 Å². The summed E-state index contributed by atoms with van der Waals surface area (Å²) in [6, 6.07) is 28.9. The van der Waals surface area contributed by atoms with Gasteiger partial charge in [0.2, 0.25) is 0 Å². The first-order valence-electron chi connectivity index (χ1n) is 15.5. The van der Waals surface area contributed by atoms with E-state index in [0.717, 1.165) is 22.8 Å². The summed E-state index contributed by atoms with van der Waals surface area (Å²) in [4.78, 5) is 23.3. The lowest BCUT2D eigenvalue weighted by Crippen LogP contribution is -2.11. The Balaban J connectivity index is 1.25. The molecule has 0 heterocycles. The number of hydrogen-bond donors (Lipinski definition) is 5. The van der Waals surface area contributed by atoms with Crippen LogP contribution in [0.25, 0.3) is 21.9 Å². The van der Waals surface area contributed by atoms with Crippen molar-refractivity contribution >= 4 is 61.2 Å². The number of anilines is 1. The Morgan fingerprint density at radius 1 is 0.692 bits per heavy atom. The fraction of sp³-hybridized carbons (Fsp3) is 0.0526. The largest absolute Gasteiger partial charge is 0.507 e. The third kappa shape index (κ3) is 7.52. The molecule has 0 saturated carbocycles. The van der Waals surface area contributed by atoms with Crippen LogP contribution < -0.4 is 5.32 Å². The highest BCUT2D eigenvalue weighted by atomic mass is 32.2. The molecule has 6 aromatic rings. The Labute approximate surface area is 297 Å². The van der Waals surface area contributed by atoms with Crippen LogP contribution in [0.4, 0.5) is 28.4 Å². The van der Waals surface area contributed by atoms with Gasteiger partial charge >= 0.3 is 5.97 Å². The zero-order chi connectivity index (χ0) is 37.2. The molecule has 14 heteroatoms. The second kappa shape index (κ2) is 14.2. The van der Waals surface area contributed by atoms with E-state index in [1.165, 1.54) is 30.3 Å². The van der Waals surface area contributed by atoms with Crippen LogP contribution in [0, 0.1) is 13.8 Å². The topological polar surface area (TPSA) is 211 Å². The third-order valence-corrected chi connectivity index (χ3v) is 8.96. The summed E-state index contributed by atoms with van der Waals surface area (Å²) in [6.45, 7) is 3.63.